The number of nitrogens with zero attached hydrogens (tertiary/aromatic N) is 1. The summed E-state index contributed by atoms with van der Waals surface area (Å²) in [5.74, 6) is 0.163. The largest absolute Gasteiger partial charge is 0.454 e. The number of halogens is 1. The van der Waals surface area contributed by atoms with Gasteiger partial charge in [0.05, 0.1) is 5.02 Å². The van der Waals surface area contributed by atoms with Gasteiger partial charge in [0.1, 0.15) is 0 Å². The number of anilines is 1. The zero-order valence-corrected chi connectivity index (χ0v) is 16.8. The zero-order valence-electron chi connectivity index (χ0n) is 16.1. The molecule has 0 bridgehead atoms. The van der Waals surface area contributed by atoms with E-state index >= 15 is 0 Å². The summed E-state index contributed by atoms with van der Waals surface area (Å²) in [6.45, 7) is 3.68. The van der Waals surface area contributed by atoms with Gasteiger partial charge >= 0.3 is 5.97 Å². The second-order valence-corrected chi connectivity index (χ2v) is 7.45. The van der Waals surface area contributed by atoms with Crippen molar-refractivity contribution in [1.82, 2.24) is 0 Å². The topological polar surface area (TPSA) is 65.1 Å². The van der Waals surface area contributed by atoms with Crippen molar-refractivity contribution >= 4 is 35.2 Å². The fourth-order valence-electron chi connectivity index (χ4n) is 3.61. The van der Waals surface area contributed by atoms with E-state index in [-0.39, 0.29) is 18.7 Å². The van der Waals surface area contributed by atoms with E-state index in [4.69, 9.17) is 25.8 Å². The summed E-state index contributed by atoms with van der Waals surface area (Å²) < 4.78 is 15.9. The Bertz CT molecular complexity index is 1000. The summed E-state index contributed by atoms with van der Waals surface area (Å²) in [5.41, 5.74) is 2.65. The number of hydrogen-bond donors (Lipinski definition) is 0. The number of hydrogen-bond acceptors (Lipinski definition) is 5. The first-order chi connectivity index (χ1) is 13.9. The lowest BCUT2D eigenvalue weighted by Crippen LogP contribution is -2.43. The SMILES string of the molecule is C[C@@H]1Cc2ccccc2N1C(=O)[C@@H](C)OC(=O)/C=C/c1cc(Cl)c2c(c1)OCO2. The molecule has 0 saturated carbocycles. The van der Waals surface area contributed by atoms with Crippen LogP contribution in [0.1, 0.15) is 25.0 Å². The number of ether oxygens (including phenoxy) is 3. The normalized spacial score (nSPS) is 18.0. The van der Waals surface area contributed by atoms with Crippen molar-refractivity contribution < 1.29 is 23.8 Å². The molecule has 2 atom stereocenters. The van der Waals surface area contributed by atoms with E-state index in [9.17, 15) is 9.59 Å². The van der Waals surface area contributed by atoms with Crippen LogP contribution >= 0.6 is 11.6 Å². The van der Waals surface area contributed by atoms with Gasteiger partial charge in [-0.2, -0.15) is 0 Å². The van der Waals surface area contributed by atoms with Crippen LogP contribution in [0.15, 0.2) is 42.5 Å². The molecular weight excluding hydrogens is 394 g/mol. The molecule has 0 spiro atoms. The van der Waals surface area contributed by atoms with Gasteiger partial charge in [-0.25, -0.2) is 4.79 Å². The Morgan fingerprint density at radius 2 is 2.07 bits per heavy atom. The average Bonchev–Trinajstić information content (AvgIpc) is 3.29. The molecule has 0 fully saturated rings. The smallest absolute Gasteiger partial charge is 0.331 e. The highest BCUT2D eigenvalue weighted by atomic mass is 35.5. The van der Waals surface area contributed by atoms with Gasteiger partial charge in [-0.15, -0.1) is 0 Å². The van der Waals surface area contributed by atoms with Crippen LogP contribution in [0.3, 0.4) is 0 Å². The fourth-order valence-corrected chi connectivity index (χ4v) is 3.88. The zero-order chi connectivity index (χ0) is 20.5. The second-order valence-electron chi connectivity index (χ2n) is 7.04. The molecule has 1 amide bonds. The molecule has 0 unspecified atom stereocenters. The lowest BCUT2D eigenvalue weighted by molar-refractivity contribution is -0.149. The molecule has 0 N–H and O–H groups in total. The van der Waals surface area contributed by atoms with Crippen molar-refractivity contribution in [3.8, 4) is 11.5 Å². The second kappa shape index (κ2) is 7.79. The van der Waals surface area contributed by atoms with Crippen molar-refractivity contribution in [1.29, 1.82) is 0 Å². The molecule has 6 nitrogen and oxygen atoms in total. The third-order valence-corrected chi connectivity index (χ3v) is 5.23. The van der Waals surface area contributed by atoms with E-state index in [1.165, 1.54) is 6.08 Å². The number of esters is 1. The average molecular weight is 414 g/mol. The van der Waals surface area contributed by atoms with E-state index < -0.39 is 12.1 Å². The van der Waals surface area contributed by atoms with Crippen LogP contribution in [0.5, 0.6) is 11.5 Å². The van der Waals surface area contributed by atoms with Crippen molar-refractivity contribution in [2.75, 3.05) is 11.7 Å². The van der Waals surface area contributed by atoms with Crippen LogP contribution in [0.4, 0.5) is 5.69 Å². The minimum absolute atomic E-state index is 0.0207. The van der Waals surface area contributed by atoms with Crippen molar-refractivity contribution in [2.24, 2.45) is 0 Å². The van der Waals surface area contributed by atoms with Crippen LogP contribution in [0, 0.1) is 0 Å². The Balaban J connectivity index is 1.42. The summed E-state index contributed by atoms with van der Waals surface area (Å²) >= 11 is 6.14. The monoisotopic (exact) mass is 413 g/mol. The molecule has 0 aliphatic carbocycles. The van der Waals surface area contributed by atoms with Gasteiger partial charge in [0.15, 0.2) is 17.6 Å². The summed E-state index contributed by atoms with van der Waals surface area (Å²) in [6.07, 6.45) is 2.70. The van der Waals surface area contributed by atoms with E-state index in [0.29, 0.717) is 22.1 Å². The number of amides is 1. The van der Waals surface area contributed by atoms with Gasteiger partial charge in [0.25, 0.3) is 5.91 Å². The molecule has 2 heterocycles. The molecular formula is C22H20ClNO5. The van der Waals surface area contributed by atoms with Gasteiger partial charge in [-0.3, -0.25) is 4.79 Å². The minimum atomic E-state index is -0.902. The number of carbonyl (C=O) groups is 2. The van der Waals surface area contributed by atoms with Gasteiger partial charge in [-0.05, 0) is 55.7 Å². The number of para-hydroxylation sites is 1. The maximum Gasteiger partial charge on any atom is 0.331 e. The number of benzene rings is 2. The maximum atomic E-state index is 12.9. The highest BCUT2D eigenvalue weighted by molar-refractivity contribution is 6.32. The number of rotatable bonds is 4. The van der Waals surface area contributed by atoms with Crippen LogP contribution in [0.25, 0.3) is 6.08 Å². The predicted octanol–water partition coefficient (Wildman–Crippen LogP) is 3.99. The molecule has 2 aliphatic rings. The van der Waals surface area contributed by atoms with Gasteiger partial charge in [0, 0.05) is 17.8 Å². The third kappa shape index (κ3) is 3.80. The lowest BCUT2D eigenvalue weighted by atomic mass is 10.1. The standard InChI is InChI=1S/C22H20ClNO5/c1-13-9-16-5-3-4-6-18(16)24(13)22(26)14(2)29-20(25)8-7-15-10-17(23)21-19(11-15)27-12-28-21/h3-8,10-11,13-14H,9,12H2,1-2H3/b8-7+/t13-,14-/m1/s1. The summed E-state index contributed by atoms with van der Waals surface area (Å²) in [7, 11) is 0. The summed E-state index contributed by atoms with van der Waals surface area (Å²) in [5, 5.41) is 0.401. The van der Waals surface area contributed by atoms with Crippen molar-refractivity contribution in [2.45, 2.75) is 32.4 Å². The van der Waals surface area contributed by atoms with E-state index in [0.717, 1.165) is 17.7 Å². The first-order valence-corrected chi connectivity index (χ1v) is 9.70. The molecule has 0 saturated heterocycles. The lowest BCUT2D eigenvalue weighted by Gasteiger charge is -2.25. The Labute approximate surface area is 173 Å². The highest BCUT2D eigenvalue weighted by Crippen LogP contribution is 2.40. The highest BCUT2D eigenvalue weighted by Gasteiger charge is 2.34. The Morgan fingerprint density at radius 3 is 2.90 bits per heavy atom. The Morgan fingerprint density at radius 1 is 1.28 bits per heavy atom. The molecule has 29 heavy (non-hydrogen) atoms. The third-order valence-electron chi connectivity index (χ3n) is 4.95. The van der Waals surface area contributed by atoms with Crippen LogP contribution in [-0.4, -0.2) is 30.8 Å². The van der Waals surface area contributed by atoms with Gasteiger partial charge in [0.2, 0.25) is 6.79 Å². The quantitative estimate of drug-likeness (QED) is 0.560. The van der Waals surface area contributed by atoms with Crippen LogP contribution in [-0.2, 0) is 20.7 Å². The van der Waals surface area contributed by atoms with E-state index in [1.54, 1.807) is 30.0 Å². The first-order valence-electron chi connectivity index (χ1n) is 9.33. The van der Waals surface area contributed by atoms with Crippen molar-refractivity contribution in [3.63, 3.8) is 0 Å². The summed E-state index contributed by atoms with van der Waals surface area (Å²) in [4.78, 5) is 26.8. The molecule has 2 aromatic rings. The summed E-state index contributed by atoms with van der Waals surface area (Å²) in [6, 6.07) is 11.2. The fraction of sp³-hybridized carbons (Fsp3) is 0.273. The Hall–Kier alpha value is -2.99. The molecule has 0 aromatic heterocycles. The molecule has 2 aromatic carbocycles. The van der Waals surface area contributed by atoms with Crippen LogP contribution < -0.4 is 14.4 Å². The molecule has 150 valence electrons. The molecule has 0 radical (unpaired) electrons. The van der Waals surface area contributed by atoms with E-state index in [1.807, 2.05) is 31.2 Å². The minimum Gasteiger partial charge on any atom is -0.454 e. The number of fused-ring (bicyclic) bond motifs is 2. The Kier molecular flexibility index (Phi) is 5.20. The molecule has 4 rings (SSSR count). The number of carbonyl (C=O) groups excluding carboxylic acids is 2. The van der Waals surface area contributed by atoms with Gasteiger partial charge < -0.3 is 19.1 Å². The van der Waals surface area contributed by atoms with Crippen LogP contribution in [0.2, 0.25) is 5.02 Å². The predicted molar refractivity (Wildman–Crippen MR) is 109 cm³/mol. The van der Waals surface area contributed by atoms with E-state index in [2.05, 4.69) is 0 Å². The maximum absolute atomic E-state index is 12.9. The van der Waals surface area contributed by atoms with Gasteiger partial charge in [-0.1, -0.05) is 29.8 Å². The molecule has 2 aliphatic heterocycles. The van der Waals surface area contributed by atoms with Crippen molar-refractivity contribution in [3.05, 3.63) is 58.6 Å². The molecule has 7 heteroatoms. The first kappa shape index (κ1) is 19.3.